The van der Waals surface area contributed by atoms with E-state index in [-0.39, 0.29) is 32.3 Å². The van der Waals surface area contributed by atoms with Gasteiger partial charge in [-0.25, -0.2) is 4.79 Å². The predicted molar refractivity (Wildman–Crippen MR) is 122 cm³/mol. The Bertz CT molecular complexity index is 969. The van der Waals surface area contributed by atoms with Crippen LogP contribution >= 0.6 is 0 Å². The molecule has 9 heteroatoms. The quantitative estimate of drug-likeness (QED) is 0.311. The first-order chi connectivity index (χ1) is 15.8. The van der Waals surface area contributed by atoms with Gasteiger partial charge in [-0.05, 0) is 43.5 Å². The first kappa shape index (κ1) is 29.1. The Balaban J connectivity index is 0.000000633. The third-order valence-corrected chi connectivity index (χ3v) is 4.45. The molecule has 183 valence electrons. The molecule has 0 amide bonds. The van der Waals surface area contributed by atoms with E-state index in [1.807, 2.05) is 0 Å². The van der Waals surface area contributed by atoms with Crippen molar-refractivity contribution in [3.05, 3.63) is 72.1 Å². The summed E-state index contributed by atoms with van der Waals surface area (Å²) in [4.78, 5) is 31.9. The number of hydrogen-bond donors (Lipinski definition) is 2. The second kappa shape index (κ2) is 14.3. The SMILES string of the molecule is CC(O)CC(C)O.COC(=O)c1c[c-]c(-c2nccnc2-c2ccc(C(=O)OC)cc2)cc1.[Ir]. The number of ether oxygens (including phenoxy) is 2. The number of aromatic nitrogens is 2. The van der Waals surface area contributed by atoms with Crippen LogP contribution in [-0.4, -0.2) is 58.5 Å². The van der Waals surface area contributed by atoms with Crippen molar-refractivity contribution in [1.82, 2.24) is 9.97 Å². The fraction of sp³-hybridized carbons (Fsp3) is 0.280. The van der Waals surface area contributed by atoms with Crippen LogP contribution in [-0.2, 0) is 29.6 Å². The minimum atomic E-state index is -0.425. The van der Waals surface area contributed by atoms with E-state index in [0.29, 0.717) is 34.5 Å². The molecule has 0 spiro atoms. The number of esters is 2. The third kappa shape index (κ3) is 8.42. The molecule has 2 atom stereocenters. The number of carbonyl (C=O) groups excluding carboxylic acids is 2. The monoisotopic (exact) mass is 644 g/mol. The number of aliphatic hydroxyl groups excluding tert-OH is 2. The molecule has 3 rings (SSSR count). The molecular weight excluding hydrogens is 617 g/mol. The zero-order valence-corrected chi connectivity index (χ0v) is 21.7. The second-order valence-corrected chi connectivity index (χ2v) is 7.24. The molecule has 0 aliphatic carbocycles. The molecule has 0 aliphatic heterocycles. The molecule has 0 aliphatic rings. The number of benzene rings is 2. The summed E-state index contributed by atoms with van der Waals surface area (Å²) in [5.41, 5.74) is 3.62. The van der Waals surface area contributed by atoms with Gasteiger partial charge in [0.25, 0.3) is 5.97 Å². The molecular formula is C25H27IrN2O6-. The van der Waals surface area contributed by atoms with E-state index in [1.54, 1.807) is 68.7 Å². The topological polar surface area (TPSA) is 119 Å². The molecule has 8 nitrogen and oxygen atoms in total. The van der Waals surface area contributed by atoms with Gasteiger partial charge in [0.15, 0.2) is 0 Å². The number of carbonyl (C=O) groups is 2. The Hall–Kier alpha value is -2.97. The first-order valence-corrected chi connectivity index (χ1v) is 10.2. The van der Waals surface area contributed by atoms with Crippen LogP contribution in [0.15, 0.2) is 54.9 Å². The number of nitrogens with zero attached hydrogens (tertiary/aromatic N) is 2. The van der Waals surface area contributed by atoms with Crippen LogP contribution in [0.25, 0.3) is 22.5 Å². The number of aliphatic hydroxyl groups is 2. The molecule has 0 saturated heterocycles. The number of rotatable bonds is 6. The van der Waals surface area contributed by atoms with Crippen molar-refractivity contribution >= 4 is 11.9 Å². The van der Waals surface area contributed by atoms with Crippen LogP contribution in [0.3, 0.4) is 0 Å². The molecule has 0 bridgehead atoms. The van der Waals surface area contributed by atoms with E-state index in [9.17, 15) is 9.59 Å². The Labute approximate surface area is 212 Å². The van der Waals surface area contributed by atoms with Crippen LogP contribution in [0, 0.1) is 6.07 Å². The van der Waals surface area contributed by atoms with Gasteiger partial charge in [-0.2, -0.15) is 0 Å². The number of hydrogen-bond acceptors (Lipinski definition) is 8. The Kier molecular flexibility index (Phi) is 12.2. The van der Waals surface area contributed by atoms with Gasteiger partial charge in [0.1, 0.15) is 0 Å². The fourth-order valence-electron chi connectivity index (χ4n) is 2.94. The van der Waals surface area contributed by atoms with Crippen molar-refractivity contribution in [3.8, 4) is 22.5 Å². The average molecular weight is 644 g/mol. The molecule has 0 fully saturated rings. The summed E-state index contributed by atoms with van der Waals surface area (Å²) in [6, 6.07) is 14.9. The van der Waals surface area contributed by atoms with Crippen LogP contribution in [0.2, 0.25) is 0 Å². The molecule has 1 radical (unpaired) electrons. The first-order valence-electron chi connectivity index (χ1n) is 10.2. The van der Waals surface area contributed by atoms with Gasteiger partial charge in [-0.1, -0.05) is 12.1 Å². The normalized spacial score (nSPS) is 11.7. The van der Waals surface area contributed by atoms with Gasteiger partial charge in [0.2, 0.25) is 0 Å². The van der Waals surface area contributed by atoms with E-state index in [0.717, 1.165) is 5.56 Å². The van der Waals surface area contributed by atoms with Crippen molar-refractivity contribution in [2.75, 3.05) is 14.2 Å². The van der Waals surface area contributed by atoms with Crippen molar-refractivity contribution in [2.45, 2.75) is 32.5 Å². The fourth-order valence-corrected chi connectivity index (χ4v) is 2.94. The van der Waals surface area contributed by atoms with Gasteiger partial charge >= 0.3 is 5.97 Å². The van der Waals surface area contributed by atoms with Crippen LogP contribution in [0.1, 0.15) is 41.0 Å². The van der Waals surface area contributed by atoms with E-state index < -0.39 is 11.9 Å². The molecule has 2 aromatic carbocycles. The minimum Gasteiger partial charge on any atom is -0.472 e. The van der Waals surface area contributed by atoms with Crippen molar-refractivity contribution in [2.24, 2.45) is 0 Å². The summed E-state index contributed by atoms with van der Waals surface area (Å²) in [5.74, 6) is -0.826. The summed E-state index contributed by atoms with van der Waals surface area (Å²) in [5, 5.41) is 17.1. The van der Waals surface area contributed by atoms with Crippen LogP contribution in [0.5, 0.6) is 0 Å². The molecule has 2 N–H and O–H groups in total. The van der Waals surface area contributed by atoms with Gasteiger partial charge < -0.3 is 24.7 Å². The minimum absolute atomic E-state index is 0. The maximum atomic E-state index is 11.6. The van der Waals surface area contributed by atoms with E-state index >= 15 is 0 Å². The molecule has 1 heterocycles. The summed E-state index contributed by atoms with van der Waals surface area (Å²) in [6.45, 7) is 3.32. The predicted octanol–water partition coefficient (Wildman–Crippen LogP) is 3.32. The van der Waals surface area contributed by atoms with Crippen LogP contribution in [0.4, 0.5) is 0 Å². The Morgan fingerprint density at radius 3 is 1.79 bits per heavy atom. The molecule has 1 aromatic heterocycles. The average Bonchev–Trinajstić information content (AvgIpc) is 2.83. The second-order valence-electron chi connectivity index (χ2n) is 7.24. The van der Waals surface area contributed by atoms with Crippen molar-refractivity contribution in [3.63, 3.8) is 0 Å². The Morgan fingerprint density at radius 1 is 0.853 bits per heavy atom. The zero-order valence-electron chi connectivity index (χ0n) is 19.3. The smallest absolute Gasteiger partial charge is 0.337 e. The molecule has 0 saturated carbocycles. The van der Waals surface area contributed by atoms with E-state index in [2.05, 4.69) is 20.8 Å². The number of methoxy groups -OCH3 is 2. The van der Waals surface area contributed by atoms with E-state index in [1.165, 1.54) is 14.2 Å². The van der Waals surface area contributed by atoms with E-state index in [4.69, 9.17) is 14.9 Å². The van der Waals surface area contributed by atoms with Crippen molar-refractivity contribution in [1.29, 1.82) is 0 Å². The summed E-state index contributed by atoms with van der Waals surface area (Å²) >= 11 is 0. The maximum absolute atomic E-state index is 11.6. The summed E-state index contributed by atoms with van der Waals surface area (Å²) < 4.78 is 9.39. The molecule has 2 unspecified atom stereocenters. The Morgan fingerprint density at radius 2 is 1.35 bits per heavy atom. The van der Waals surface area contributed by atoms with Gasteiger partial charge in [-0.3, -0.25) is 9.78 Å². The summed E-state index contributed by atoms with van der Waals surface area (Å²) in [6.07, 6.45) is 2.90. The van der Waals surface area contributed by atoms with Crippen LogP contribution < -0.4 is 0 Å². The molecule has 34 heavy (non-hydrogen) atoms. The zero-order chi connectivity index (χ0) is 24.4. The largest absolute Gasteiger partial charge is 0.472 e. The molecule has 3 aromatic rings. The summed E-state index contributed by atoms with van der Waals surface area (Å²) in [7, 11) is 2.67. The maximum Gasteiger partial charge on any atom is 0.337 e. The van der Waals surface area contributed by atoms with Gasteiger partial charge in [0, 0.05) is 38.2 Å². The van der Waals surface area contributed by atoms with Gasteiger partial charge in [0.05, 0.1) is 37.7 Å². The standard InChI is InChI=1S/C20H15N2O4.C5H12O2.Ir/c1-25-19(23)15-7-3-13(4-8-15)17-18(22-12-11-21-17)14-5-9-16(10-6-14)20(24)26-2;1-4(6)3-5(2)7;/h3-5,7-12H,1-2H3;4-7H,3H2,1-2H3;/q-1;;. The van der Waals surface area contributed by atoms with Crippen molar-refractivity contribution < 1.29 is 49.4 Å². The third-order valence-electron chi connectivity index (χ3n) is 4.45. The van der Waals surface area contributed by atoms with Gasteiger partial charge in [-0.15, -0.1) is 29.8 Å².